The molecule has 4 aromatic rings. The molecule has 0 atom stereocenters. The number of nitrogens with one attached hydrogen (secondary N) is 1. The summed E-state index contributed by atoms with van der Waals surface area (Å²) >= 11 is 14.6. The van der Waals surface area contributed by atoms with Crippen LogP contribution in [0.2, 0.25) is 0 Å². The molecular weight excluding hydrogens is 614 g/mol. The summed E-state index contributed by atoms with van der Waals surface area (Å²) in [5.74, 6) is 0.828. The van der Waals surface area contributed by atoms with E-state index in [-0.39, 0.29) is 0 Å². The molecule has 0 aliphatic heterocycles. The van der Waals surface area contributed by atoms with Crippen molar-refractivity contribution in [3.63, 3.8) is 0 Å². The number of anilines is 1. The molecule has 0 spiro atoms. The lowest BCUT2D eigenvalue weighted by Crippen LogP contribution is -2.23. The number of hydrogen-bond acceptors (Lipinski definition) is 2. The Balaban J connectivity index is 1.79. The minimum Gasteiger partial charge on any atom is -0.334 e. The zero-order valence-corrected chi connectivity index (χ0v) is 20.9. The Morgan fingerprint density at radius 1 is 0.679 bits per heavy atom. The van der Waals surface area contributed by atoms with Gasteiger partial charge in [-0.3, -0.25) is 0 Å². The van der Waals surface area contributed by atoms with Crippen molar-refractivity contribution in [2.45, 2.75) is 13.1 Å². The fraction of sp³-hybridized carbons (Fsp3) is 0.0952. The summed E-state index contributed by atoms with van der Waals surface area (Å²) in [6.07, 6.45) is 0. The Hall–Kier alpha value is -1.15. The van der Waals surface area contributed by atoms with Crippen molar-refractivity contribution in [1.29, 1.82) is 0 Å². The molecule has 4 rings (SSSR count). The number of H-pyrrole nitrogens is 1. The fourth-order valence-electron chi connectivity index (χ4n) is 3.05. The predicted molar refractivity (Wildman–Crippen MR) is 130 cm³/mol. The van der Waals surface area contributed by atoms with Crippen molar-refractivity contribution >= 4 is 80.7 Å². The van der Waals surface area contributed by atoms with Crippen LogP contribution in [0.5, 0.6) is 0 Å². The van der Waals surface area contributed by atoms with E-state index in [0.29, 0.717) is 0 Å². The normalized spacial score (nSPS) is 11.1. The first kappa shape index (κ1) is 20.1. The molecule has 0 aliphatic rings. The number of fused-ring (bicyclic) bond motifs is 1. The maximum atomic E-state index is 4.91. The second kappa shape index (κ2) is 8.69. The number of imidazole rings is 1. The lowest BCUT2D eigenvalue weighted by molar-refractivity contribution is 0.773. The van der Waals surface area contributed by atoms with Crippen LogP contribution in [0.3, 0.4) is 0 Å². The summed E-state index contributed by atoms with van der Waals surface area (Å²) in [6.45, 7) is 1.51. The van der Waals surface area contributed by atoms with E-state index < -0.39 is 0 Å². The first-order chi connectivity index (χ1) is 13.5. The van der Waals surface area contributed by atoms with Gasteiger partial charge in [0.2, 0.25) is 5.95 Å². The molecule has 7 heteroatoms. The summed E-state index contributed by atoms with van der Waals surface area (Å²) in [5.41, 5.74) is 4.30. The molecule has 1 N–H and O–H groups in total. The number of nitrogens with zero attached hydrogens (tertiary/aromatic N) is 2. The Labute approximate surface area is 197 Å². The monoisotopic (exact) mass is 625 g/mol. The molecule has 142 valence electrons. The van der Waals surface area contributed by atoms with Crippen LogP contribution in [0, 0.1) is 0 Å². The van der Waals surface area contributed by atoms with Crippen LogP contribution in [-0.4, -0.2) is 9.97 Å². The second-order valence-electron chi connectivity index (χ2n) is 6.37. The van der Waals surface area contributed by atoms with E-state index in [1.807, 2.05) is 12.1 Å². The molecule has 0 unspecified atom stereocenters. The van der Waals surface area contributed by atoms with E-state index in [9.17, 15) is 0 Å². The standard InChI is InChI=1S/C21H15Br4N3/c22-15-16(23)18(25)20-19(17(15)24)26-21(27-20)28(11-13-7-3-1-4-8-13)12-14-9-5-2-6-10-14/h1-10H,11-12H2,(H,26,27). The van der Waals surface area contributed by atoms with Crippen LogP contribution < -0.4 is 4.90 Å². The SMILES string of the molecule is Brc1c(Br)c(Br)c2[nH]c(N(Cc3ccccc3)Cc3ccccc3)nc2c1Br. The number of benzene rings is 3. The van der Waals surface area contributed by atoms with Gasteiger partial charge >= 0.3 is 0 Å². The zero-order chi connectivity index (χ0) is 19.7. The third-order valence-corrected chi connectivity index (χ3v) is 9.18. The smallest absolute Gasteiger partial charge is 0.204 e. The Kier molecular flexibility index (Phi) is 6.25. The second-order valence-corrected chi connectivity index (χ2v) is 9.54. The number of aromatic amines is 1. The van der Waals surface area contributed by atoms with Crippen molar-refractivity contribution < 1.29 is 0 Å². The van der Waals surface area contributed by atoms with E-state index >= 15 is 0 Å². The summed E-state index contributed by atoms with van der Waals surface area (Å²) in [5, 5.41) is 0. The minimum atomic E-state index is 0.757. The van der Waals surface area contributed by atoms with Crippen molar-refractivity contribution in [1.82, 2.24) is 9.97 Å². The molecule has 1 heterocycles. The minimum absolute atomic E-state index is 0.757. The van der Waals surface area contributed by atoms with Gasteiger partial charge in [0, 0.05) is 22.0 Å². The highest BCUT2D eigenvalue weighted by molar-refractivity contribution is 9.15. The molecule has 1 aromatic heterocycles. The van der Waals surface area contributed by atoms with Crippen LogP contribution in [0.15, 0.2) is 78.6 Å². The van der Waals surface area contributed by atoms with Gasteiger partial charge < -0.3 is 9.88 Å². The van der Waals surface area contributed by atoms with E-state index in [1.54, 1.807) is 0 Å². The van der Waals surface area contributed by atoms with Gasteiger partial charge in [-0.25, -0.2) is 4.98 Å². The Morgan fingerprint density at radius 2 is 1.18 bits per heavy atom. The third-order valence-electron chi connectivity index (χ3n) is 4.43. The molecule has 0 saturated heterocycles. The van der Waals surface area contributed by atoms with E-state index in [1.165, 1.54) is 11.1 Å². The van der Waals surface area contributed by atoms with Crippen LogP contribution in [0.25, 0.3) is 11.0 Å². The number of aromatic nitrogens is 2. The average Bonchev–Trinajstić information content (AvgIpc) is 3.17. The lowest BCUT2D eigenvalue weighted by Gasteiger charge is -2.22. The predicted octanol–water partition coefficient (Wildman–Crippen LogP) is 7.82. The molecule has 0 amide bonds. The van der Waals surface area contributed by atoms with E-state index in [4.69, 9.17) is 4.98 Å². The van der Waals surface area contributed by atoms with Gasteiger partial charge in [-0.15, -0.1) is 0 Å². The van der Waals surface area contributed by atoms with E-state index in [2.05, 4.69) is 122 Å². The number of halogens is 4. The van der Waals surface area contributed by atoms with Crippen LogP contribution >= 0.6 is 63.7 Å². The first-order valence-corrected chi connectivity index (χ1v) is 11.8. The van der Waals surface area contributed by atoms with Gasteiger partial charge in [0.25, 0.3) is 0 Å². The van der Waals surface area contributed by atoms with Crippen molar-refractivity contribution in [3.8, 4) is 0 Å². The topological polar surface area (TPSA) is 31.9 Å². The van der Waals surface area contributed by atoms with Gasteiger partial charge in [-0.05, 0) is 74.8 Å². The van der Waals surface area contributed by atoms with E-state index in [0.717, 1.165) is 48.0 Å². The summed E-state index contributed by atoms with van der Waals surface area (Å²) in [6, 6.07) is 20.9. The highest BCUT2D eigenvalue weighted by atomic mass is 79.9. The number of rotatable bonds is 5. The van der Waals surface area contributed by atoms with Crippen LogP contribution in [0.4, 0.5) is 5.95 Å². The highest BCUT2D eigenvalue weighted by Gasteiger charge is 2.20. The summed E-state index contributed by atoms with van der Waals surface area (Å²) < 4.78 is 3.73. The molecule has 3 nitrogen and oxygen atoms in total. The maximum absolute atomic E-state index is 4.91. The zero-order valence-electron chi connectivity index (χ0n) is 14.6. The molecule has 0 radical (unpaired) electrons. The molecular formula is C21H15Br4N3. The third kappa shape index (κ3) is 4.08. The molecule has 0 saturated carbocycles. The highest BCUT2D eigenvalue weighted by Crippen LogP contribution is 2.43. The van der Waals surface area contributed by atoms with Crippen molar-refractivity contribution in [2.75, 3.05) is 4.90 Å². The molecule has 28 heavy (non-hydrogen) atoms. The lowest BCUT2D eigenvalue weighted by atomic mass is 10.2. The first-order valence-electron chi connectivity index (χ1n) is 8.59. The summed E-state index contributed by atoms with van der Waals surface area (Å²) in [4.78, 5) is 10.7. The van der Waals surface area contributed by atoms with Crippen molar-refractivity contribution in [3.05, 3.63) is 89.7 Å². The van der Waals surface area contributed by atoms with Gasteiger partial charge in [-0.2, -0.15) is 0 Å². The van der Waals surface area contributed by atoms with Gasteiger partial charge in [-0.1, -0.05) is 60.7 Å². The molecule has 0 bridgehead atoms. The van der Waals surface area contributed by atoms with Gasteiger partial charge in [0.1, 0.15) is 5.52 Å². The molecule has 3 aromatic carbocycles. The molecule has 0 aliphatic carbocycles. The van der Waals surface area contributed by atoms with Crippen LogP contribution in [0.1, 0.15) is 11.1 Å². The summed E-state index contributed by atoms with van der Waals surface area (Å²) in [7, 11) is 0. The largest absolute Gasteiger partial charge is 0.334 e. The molecule has 0 fully saturated rings. The van der Waals surface area contributed by atoms with Crippen molar-refractivity contribution in [2.24, 2.45) is 0 Å². The van der Waals surface area contributed by atoms with Gasteiger partial charge in [0.05, 0.1) is 14.5 Å². The fourth-order valence-corrected chi connectivity index (χ4v) is 5.33. The quantitative estimate of drug-likeness (QED) is 0.181. The number of hydrogen-bond donors (Lipinski definition) is 1. The Bertz CT molecular complexity index is 1020. The average molecular weight is 629 g/mol. The maximum Gasteiger partial charge on any atom is 0.204 e. The Morgan fingerprint density at radius 3 is 1.71 bits per heavy atom. The van der Waals surface area contributed by atoms with Gasteiger partial charge in [0.15, 0.2) is 0 Å². The van der Waals surface area contributed by atoms with Crippen LogP contribution in [-0.2, 0) is 13.1 Å².